The van der Waals surface area contributed by atoms with Crippen LogP contribution in [0.25, 0.3) is 0 Å². The van der Waals surface area contributed by atoms with Crippen molar-refractivity contribution in [1.82, 2.24) is 9.47 Å². The third kappa shape index (κ3) is 5.29. The first kappa shape index (κ1) is 25.4. The highest BCUT2D eigenvalue weighted by Gasteiger charge is 2.33. The van der Waals surface area contributed by atoms with Gasteiger partial charge in [-0.05, 0) is 64.7 Å². The van der Waals surface area contributed by atoms with Gasteiger partial charge in [-0.1, -0.05) is 32.0 Å². The van der Waals surface area contributed by atoms with E-state index in [1.807, 2.05) is 36.6 Å². The lowest BCUT2D eigenvalue weighted by atomic mass is 9.98. The predicted molar refractivity (Wildman–Crippen MR) is 126 cm³/mol. The summed E-state index contributed by atoms with van der Waals surface area (Å²) >= 11 is 0. The Morgan fingerprint density at radius 2 is 1.66 bits per heavy atom. The number of aromatic nitrogens is 1. The first-order valence-electron chi connectivity index (χ1n) is 11.4. The minimum absolute atomic E-state index is 0.161. The quantitative estimate of drug-likeness (QED) is 0.382. The van der Waals surface area contributed by atoms with Crippen LogP contribution in [0.4, 0.5) is 0 Å². The number of hydrogen-bond acceptors (Lipinski definition) is 4. The van der Waals surface area contributed by atoms with Crippen molar-refractivity contribution in [3.8, 4) is 0 Å². The van der Waals surface area contributed by atoms with Crippen LogP contribution in [0.2, 0.25) is 0 Å². The van der Waals surface area contributed by atoms with E-state index in [2.05, 4.69) is 13.8 Å². The Kier molecular flexibility index (Phi) is 8.81. The van der Waals surface area contributed by atoms with Crippen LogP contribution in [-0.2, 0) is 11.3 Å². The Balaban J connectivity index is 2.48. The van der Waals surface area contributed by atoms with E-state index >= 15 is 0 Å². The van der Waals surface area contributed by atoms with Crippen molar-refractivity contribution >= 4 is 17.7 Å². The lowest BCUT2D eigenvalue weighted by Gasteiger charge is -2.29. The second-order valence-electron chi connectivity index (χ2n) is 8.49. The molecule has 0 aliphatic carbocycles. The van der Waals surface area contributed by atoms with Gasteiger partial charge in [-0.3, -0.25) is 9.59 Å². The number of ether oxygens (including phenoxy) is 1. The minimum Gasteiger partial charge on any atom is -0.461 e. The molecule has 1 aromatic heterocycles. The van der Waals surface area contributed by atoms with Crippen LogP contribution >= 0.6 is 0 Å². The normalized spacial score (nSPS) is 12.0. The fraction of sp³-hybridized carbons (Fsp3) is 0.500. The van der Waals surface area contributed by atoms with Gasteiger partial charge in [-0.15, -0.1) is 0 Å². The molecule has 0 spiro atoms. The molecule has 0 aliphatic heterocycles. The van der Waals surface area contributed by atoms with Gasteiger partial charge in [0.2, 0.25) is 0 Å². The summed E-state index contributed by atoms with van der Waals surface area (Å²) in [6, 6.07) is 8.38. The van der Waals surface area contributed by atoms with Gasteiger partial charge in [0.1, 0.15) is 5.69 Å². The monoisotopic (exact) mass is 440 g/mol. The van der Waals surface area contributed by atoms with E-state index in [0.29, 0.717) is 41.4 Å². The van der Waals surface area contributed by atoms with Crippen molar-refractivity contribution < 1.29 is 19.1 Å². The summed E-state index contributed by atoms with van der Waals surface area (Å²) in [6.45, 7) is 14.6. The van der Waals surface area contributed by atoms with Gasteiger partial charge in [0, 0.05) is 29.9 Å². The molecule has 0 saturated carbocycles. The molecule has 0 fully saturated rings. The van der Waals surface area contributed by atoms with Gasteiger partial charge in [-0.25, -0.2) is 4.79 Å². The third-order valence-corrected chi connectivity index (χ3v) is 5.87. The lowest BCUT2D eigenvalue weighted by Crippen LogP contribution is -2.44. The highest BCUT2D eigenvalue weighted by molar-refractivity contribution is 6.07. The Morgan fingerprint density at radius 3 is 2.19 bits per heavy atom. The molecule has 32 heavy (non-hydrogen) atoms. The maximum atomic E-state index is 13.7. The van der Waals surface area contributed by atoms with Gasteiger partial charge in [0.25, 0.3) is 5.91 Å². The molecule has 1 unspecified atom stereocenters. The molecule has 0 N–H and O–H groups in total. The second-order valence-corrected chi connectivity index (χ2v) is 8.49. The molecule has 1 heterocycles. The molecular weight excluding hydrogens is 404 g/mol. The summed E-state index contributed by atoms with van der Waals surface area (Å²) in [5, 5.41) is 0. The van der Waals surface area contributed by atoms with Crippen molar-refractivity contribution in [1.29, 1.82) is 0 Å². The molecule has 6 heteroatoms. The van der Waals surface area contributed by atoms with Crippen LogP contribution in [0.1, 0.15) is 83.5 Å². The molecule has 174 valence electrons. The maximum absolute atomic E-state index is 13.7. The maximum Gasteiger partial charge on any atom is 0.355 e. The van der Waals surface area contributed by atoms with E-state index < -0.39 is 12.0 Å². The van der Waals surface area contributed by atoms with Crippen LogP contribution in [0.15, 0.2) is 30.3 Å². The zero-order chi connectivity index (χ0) is 24.0. The summed E-state index contributed by atoms with van der Waals surface area (Å²) in [4.78, 5) is 41.3. The Morgan fingerprint density at radius 1 is 1.03 bits per heavy atom. The van der Waals surface area contributed by atoms with Crippen molar-refractivity contribution in [2.75, 3.05) is 13.2 Å². The highest BCUT2D eigenvalue weighted by atomic mass is 16.5. The predicted octanol–water partition coefficient (Wildman–Crippen LogP) is 5.06. The van der Waals surface area contributed by atoms with E-state index in [4.69, 9.17) is 4.74 Å². The first-order chi connectivity index (χ1) is 15.1. The molecule has 0 radical (unpaired) electrons. The SMILES string of the molecule is CCOC(=O)c1c(C)c(C(=O)C(C)N(CCC(C)C)C(=O)c2ccccc2)c(C)n1CC. The number of carbonyl (C=O) groups is 3. The minimum atomic E-state index is -0.665. The summed E-state index contributed by atoms with van der Waals surface area (Å²) in [5.74, 6) is -0.365. The average molecular weight is 441 g/mol. The number of amides is 1. The topological polar surface area (TPSA) is 68.6 Å². The molecule has 1 atom stereocenters. The molecule has 6 nitrogen and oxygen atoms in total. The Bertz CT molecular complexity index is 960. The fourth-order valence-corrected chi connectivity index (χ4v) is 4.08. The Hall–Kier alpha value is -2.89. The lowest BCUT2D eigenvalue weighted by molar-refractivity contribution is 0.0512. The smallest absolute Gasteiger partial charge is 0.355 e. The van der Waals surface area contributed by atoms with Crippen LogP contribution < -0.4 is 0 Å². The first-order valence-corrected chi connectivity index (χ1v) is 11.4. The van der Waals surface area contributed by atoms with E-state index in [0.717, 1.165) is 12.1 Å². The van der Waals surface area contributed by atoms with Gasteiger partial charge in [0.15, 0.2) is 5.78 Å². The molecule has 0 bridgehead atoms. The Labute approximate surface area is 191 Å². The number of carbonyl (C=O) groups excluding carboxylic acids is 3. The number of hydrogen-bond donors (Lipinski definition) is 0. The van der Waals surface area contributed by atoms with Crippen molar-refractivity contribution in [2.45, 2.75) is 67.5 Å². The van der Waals surface area contributed by atoms with Crippen LogP contribution in [0.3, 0.4) is 0 Å². The number of nitrogens with zero attached hydrogens (tertiary/aromatic N) is 2. The van der Waals surface area contributed by atoms with Gasteiger partial charge in [-0.2, -0.15) is 0 Å². The number of ketones is 1. The van der Waals surface area contributed by atoms with E-state index in [1.165, 1.54) is 0 Å². The van der Waals surface area contributed by atoms with E-state index in [-0.39, 0.29) is 18.3 Å². The fourth-order valence-electron chi connectivity index (χ4n) is 4.08. The van der Waals surface area contributed by atoms with Gasteiger partial charge < -0.3 is 14.2 Å². The number of esters is 1. The summed E-state index contributed by atoms with van der Waals surface area (Å²) in [5.41, 5.74) is 2.79. The van der Waals surface area contributed by atoms with E-state index in [1.54, 1.807) is 37.8 Å². The standard InChI is InChI=1S/C26H36N2O4/c1-8-27-19(6)22(18(5)23(27)26(31)32-9-2)24(29)20(7)28(16-15-17(3)4)25(30)21-13-11-10-12-14-21/h10-14,17,20H,8-9,15-16H2,1-7H3. The summed E-state index contributed by atoms with van der Waals surface area (Å²) in [6.07, 6.45) is 0.790. The zero-order valence-corrected chi connectivity index (χ0v) is 20.4. The van der Waals surface area contributed by atoms with Crippen LogP contribution in [-0.4, -0.2) is 46.3 Å². The summed E-state index contributed by atoms with van der Waals surface area (Å²) < 4.78 is 7.06. The largest absolute Gasteiger partial charge is 0.461 e. The third-order valence-electron chi connectivity index (χ3n) is 5.87. The van der Waals surface area contributed by atoms with Crippen LogP contribution in [0, 0.1) is 19.8 Å². The van der Waals surface area contributed by atoms with Crippen LogP contribution in [0.5, 0.6) is 0 Å². The van der Waals surface area contributed by atoms with Crippen molar-refractivity contribution in [2.24, 2.45) is 5.92 Å². The molecule has 1 aromatic carbocycles. The average Bonchev–Trinajstić information content (AvgIpc) is 3.02. The highest BCUT2D eigenvalue weighted by Crippen LogP contribution is 2.26. The number of benzene rings is 1. The van der Waals surface area contributed by atoms with Gasteiger partial charge >= 0.3 is 5.97 Å². The summed E-state index contributed by atoms with van der Waals surface area (Å²) in [7, 11) is 0. The molecule has 0 aliphatic rings. The van der Waals surface area contributed by atoms with Crippen molar-refractivity contribution in [3.05, 3.63) is 58.4 Å². The van der Waals surface area contributed by atoms with E-state index in [9.17, 15) is 14.4 Å². The molecule has 2 rings (SSSR count). The second kappa shape index (κ2) is 11.1. The molecule has 2 aromatic rings. The zero-order valence-electron chi connectivity index (χ0n) is 20.4. The molecule has 0 saturated heterocycles. The molecular formula is C26H36N2O4. The molecule has 1 amide bonds. The van der Waals surface area contributed by atoms with Gasteiger partial charge in [0.05, 0.1) is 12.6 Å². The number of Topliss-reactive ketones (excluding diaryl/α,β-unsaturated/α-hetero) is 1. The van der Waals surface area contributed by atoms with Crippen molar-refractivity contribution in [3.63, 3.8) is 0 Å². The number of rotatable bonds is 10.